The SMILES string of the molecule is Cc1ccc2c(c1)CC(C)C/C2=C\C(=O)O. The second-order valence-electron chi connectivity index (χ2n) is 4.68. The number of hydrogen-bond donors (Lipinski definition) is 1. The number of aryl methyl sites for hydroxylation is 1. The van der Waals surface area contributed by atoms with E-state index < -0.39 is 5.97 Å². The van der Waals surface area contributed by atoms with Crippen LogP contribution in [0.25, 0.3) is 5.57 Å². The Morgan fingerprint density at radius 3 is 2.88 bits per heavy atom. The zero-order valence-corrected chi connectivity index (χ0v) is 9.66. The van der Waals surface area contributed by atoms with Gasteiger partial charge in [-0.1, -0.05) is 30.7 Å². The van der Waals surface area contributed by atoms with Gasteiger partial charge in [0.2, 0.25) is 0 Å². The molecule has 0 aliphatic heterocycles. The van der Waals surface area contributed by atoms with Crippen LogP contribution in [0.2, 0.25) is 0 Å². The second kappa shape index (κ2) is 4.12. The van der Waals surface area contributed by atoms with Gasteiger partial charge < -0.3 is 5.11 Å². The van der Waals surface area contributed by atoms with E-state index in [-0.39, 0.29) is 0 Å². The molecule has 2 heteroatoms. The van der Waals surface area contributed by atoms with Crippen LogP contribution in [-0.2, 0) is 11.2 Å². The summed E-state index contributed by atoms with van der Waals surface area (Å²) < 4.78 is 0. The molecule has 0 spiro atoms. The van der Waals surface area contributed by atoms with E-state index in [0.717, 1.165) is 24.0 Å². The molecule has 0 saturated heterocycles. The molecule has 2 nitrogen and oxygen atoms in total. The molecular formula is C14H16O2. The lowest BCUT2D eigenvalue weighted by atomic mass is 9.80. The summed E-state index contributed by atoms with van der Waals surface area (Å²) in [6.07, 6.45) is 3.26. The lowest BCUT2D eigenvalue weighted by molar-refractivity contribution is -0.131. The Labute approximate surface area is 95.6 Å². The Hall–Kier alpha value is -1.57. The van der Waals surface area contributed by atoms with Gasteiger partial charge in [-0.3, -0.25) is 0 Å². The first-order chi connectivity index (χ1) is 7.56. The van der Waals surface area contributed by atoms with E-state index in [9.17, 15) is 4.79 Å². The highest BCUT2D eigenvalue weighted by Crippen LogP contribution is 2.34. The fourth-order valence-corrected chi connectivity index (χ4v) is 2.42. The number of carboxylic acids is 1. The summed E-state index contributed by atoms with van der Waals surface area (Å²) in [5.74, 6) is -0.324. The molecule has 0 fully saturated rings. The van der Waals surface area contributed by atoms with Crippen LogP contribution in [0, 0.1) is 12.8 Å². The predicted molar refractivity (Wildman–Crippen MR) is 64.3 cm³/mol. The molecule has 1 N–H and O–H groups in total. The molecule has 84 valence electrons. The lowest BCUT2D eigenvalue weighted by Gasteiger charge is -2.24. The number of rotatable bonds is 1. The number of fused-ring (bicyclic) bond motifs is 1. The molecule has 1 aliphatic carbocycles. The molecule has 0 saturated carbocycles. The summed E-state index contributed by atoms with van der Waals surface area (Å²) in [5, 5.41) is 8.86. The van der Waals surface area contributed by atoms with Crippen molar-refractivity contribution in [3.8, 4) is 0 Å². The molecule has 0 amide bonds. The molecule has 1 aliphatic rings. The summed E-state index contributed by atoms with van der Waals surface area (Å²) in [6.45, 7) is 4.24. The van der Waals surface area contributed by atoms with Gasteiger partial charge in [-0.25, -0.2) is 4.79 Å². The number of benzene rings is 1. The minimum absolute atomic E-state index is 0.528. The van der Waals surface area contributed by atoms with Crippen LogP contribution in [0.1, 0.15) is 30.0 Å². The van der Waals surface area contributed by atoms with Gasteiger partial charge in [0.15, 0.2) is 0 Å². The quantitative estimate of drug-likeness (QED) is 0.732. The average molecular weight is 216 g/mol. The number of aliphatic carboxylic acids is 1. The van der Waals surface area contributed by atoms with E-state index in [1.54, 1.807) is 0 Å². The van der Waals surface area contributed by atoms with Gasteiger partial charge in [0, 0.05) is 6.08 Å². The smallest absolute Gasteiger partial charge is 0.328 e. The third kappa shape index (κ3) is 2.16. The Kier molecular flexibility index (Phi) is 2.82. The maximum Gasteiger partial charge on any atom is 0.328 e. The third-order valence-corrected chi connectivity index (χ3v) is 3.04. The van der Waals surface area contributed by atoms with Gasteiger partial charge in [-0.2, -0.15) is 0 Å². The molecule has 0 aromatic heterocycles. The molecule has 0 heterocycles. The highest BCUT2D eigenvalue weighted by molar-refractivity contribution is 5.91. The highest BCUT2D eigenvalue weighted by Gasteiger charge is 2.19. The molecule has 1 aromatic rings. The molecule has 0 radical (unpaired) electrons. The van der Waals surface area contributed by atoms with Crippen LogP contribution >= 0.6 is 0 Å². The topological polar surface area (TPSA) is 37.3 Å². The highest BCUT2D eigenvalue weighted by atomic mass is 16.4. The Morgan fingerprint density at radius 2 is 2.19 bits per heavy atom. The monoisotopic (exact) mass is 216 g/mol. The van der Waals surface area contributed by atoms with Crippen molar-refractivity contribution in [2.45, 2.75) is 26.7 Å². The first-order valence-electron chi connectivity index (χ1n) is 5.59. The summed E-state index contributed by atoms with van der Waals surface area (Å²) in [5.41, 5.74) is 4.60. The Bertz CT molecular complexity index is 458. The second-order valence-corrected chi connectivity index (χ2v) is 4.68. The molecule has 0 bridgehead atoms. The van der Waals surface area contributed by atoms with Crippen LogP contribution in [0.4, 0.5) is 0 Å². The normalized spacial score (nSPS) is 21.9. The maximum absolute atomic E-state index is 10.8. The number of hydrogen-bond acceptors (Lipinski definition) is 1. The Morgan fingerprint density at radius 1 is 1.44 bits per heavy atom. The first-order valence-corrected chi connectivity index (χ1v) is 5.59. The van der Waals surface area contributed by atoms with Crippen LogP contribution in [0.5, 0.6) is 0 Å². The first kappa shape index (κ1) is 10.9. The van der Waals surface area contributed by atoms with Gasteiger partial charge in [0.1, 0.15) is 0 Å². The van der Waals surface area contributed by atoms with E-state index >= 15 is 0 Å². The zero-order valence-electron chi connectivity index (χ0n) is 9.66. The van der Waals surface area contributed by atoms with Crippen molar-refractivity contribution in [1.29, 1.82) is 0 Å². The van der Waals surface area contributed by atoms with Gasteiger partial charge in [-0.15, -0.1) is 0 Å². The summed E-state index contributed by atoms with van der Waals surface area (Å²) >= 11 is 0. The molecule has 1 atom stereocenters. The van der Waals surface area contributed by atoms with E-state index in [1.807, 2.05) is 12.1 Å². The lowest BCUT2D eigenvalue weighted by Crippen LogP contribution is -2.11. The summed E-state index contributed by atoms with van der Waals surface area (Å²) in [7, 11) is 0. The zero-order chi connectivity index (χ0) is 11.7. The van der Waals surface area contributed by atoms with Crippen molar-refractivity contribution in [2.75, 3.05) is 0 Å². The largest absolute Gasteiger partial charge is 0.478 e. The van der Waals surface area contributed by atoms with Crippen LogP contribution in [0.15, 0.2) is 24.3 Å². The van der Waals surface area contributed by atoms with Gasteiger partial charge in [-0.05, 0) is 42.4 Å². The van der Waals surface area contributed by atoms with Gasteiger partial charge in [0.25, 0.3) is 0 Å². The molecule has 1 aromatic carbocycles. The van der Waals surface area contributed by atoms with Crippen molar-refractivity contribution in [2.24, 2.45) is 5.92 Å². The Balaban J connectivity index is 2.50. The molecule has 2 rings (SSSR count). The fraction of sp³-hybridized carbons (Fsp3) is 0.357. The molecule has 1 unspecified atom stereocenters. The summed E-state index contributed by atoms with van der Waals surface area (Å²) in [6, 6.07) is 6.26. The van der Waals surface area contributed by atoms with Crippen molar-refractivity contribution in [1.82, 2.24) is 0 Å². The van der Waals surface area contributed by atoms with Gasteiger partial charge in [0.05, 0.1) is 0 Å². The van der Waals surface area contributed by atoms with Crippen molar-refractivity contribution >= 4 is 11.5 Å². The van der Waals surface area contributed by atoms with Crippen LogP contribution in [-0.4, -0.2) is 11.1 Å². The minimum Gasteiger partial charge on any atom is -0.478 e. The fourth-order valence-electron chi connectivity index (χ4n) is 2.42. The van der Waals surface area contributed by atoms with E-state index in [2.05, 4.69) is 19.9 Å². The maximum atomic E-state index is 10.8. The average Bonchev–Trinajstić information content (AvgIpc) is 2.15. The predicted octanol–water partition coefficient (Wildman–Crippen LogP) is 3.05. The molecular weight excluding hydrogens is 200 g/mol. The standard InChI is InChI=1S/C14H16O2/c1-9-3-4-13-11(5-9)6-10(2)7-12(13)8-14(15)16/h3-5,8,10H,6-7H2,1-2H3,(H,15,16)/b12-8+. The van der Waals surface area contributed by atoms with Gasteiger partial charge >= 0.3 is 5.97 Å². The van der Waals surface area contributed by atoms with Crippen LogP contribution in [0.3, 0.4) is 0 Å². The van der Waals surface area contributed by atoms with E-state index in [1.165, 1.54) is 17.2 Å². The number of carbonyl (C=O) groups is 1. The minimum atomic E-state index is -0.851. The third-order valence-electron chi connectivity index (χ3n) is 3.04. The van der Waals surface area contributed by atoms with E-state index in [4.69, 9.17) is 5.11 Å². The number of allylic oxidation sites excluding steroid dienone is 1. The number of carboxylic acid groups (broad SMARTS) is 1. The summed E-state index contributed by atoms with van der Waals surface area (Å²) in [4.78, 5) is 10.8. The van der Waals surface area contributed by atoms with Crippen molar-refractivity contribution < 1.29 is 9.90 Å². The van der Waals surface area contributed by atoms with Crippen LogP contribution < -0.4 is 0 Å². The van der Waals surface area contributed by atoms with Crippen molar-refractivity contribution in [3.63, 3.8) is 0 Å². The van der Waals surface area contributed by atoms with E-state index in [0.29, 0.717) is 5.92 Å². The molecule has 16 heavy (non-hydrogen) atoms. The van der Waals surface area contributed by atoms with Crippen molar-refractivity contribution in [3.05, 3.63) is 41.0 Å².